The molecule has 0 spiro atoms. The predicted molar refractivity (Wildman–Crippen MR) is 68.1 cm³/mol. The highest BCUT2D eigenvalue weighted by Gasteiger charge is 2.27. The Labute approximate surface area is 105 Å². The minimum Gasteiger partial charge on any atom is -0.313 e. The van der Waals surface area contributed by atoms with Crippen LogP contribution in [-0.4, -0.2) is 7.05 Å². The maximum absolute atomic E-state index is 6.19. The fraction of sp³-hybridized carbons (Fsp3) is 0.636. The number of thiophene rings is 1. The van der Waals surface area contributed by atoms with E-state index in [0.717, 1.165) is 14.6 Å². The minimum absolute atomic E-state index is 0.378. The first kappa shape index (κ1) is 11.7. The van der Waals surface area contributed by atoms with Crippen molar-refractivity contribution in [2.45, 2.75) is 31.7 Å². The lowest BCUT2D eigenvalue weighted by Crippen LogP contribution is -2.23. The van der Waals surface area contributed by atoms with Crippen molar-refractivity contribution in [1.82, 2.24) is 5.32 Å². The number of nitrogens with one attached hydrogen (secondary N) is 1. The average Bonchev–Trinajstić information content (AvgIpc) is 2.79. The predicted octanol–water partition coefficient (Wildman–Crippen LogP) is 4.51. The maximum Gasteiger partial charge on any atom is 0.0992 e. The van der Waals surface area contributed by atoms with E-state index in [0.29, 0.717) is 6.04 Å². The molecule has 0 radical (unpaired) electrons. The van der Waals surface area contributed by atoms with Crippen LogP contribution in [0.25, 0.3) is 0 Å². The van der Waals surface area contributed by atoms with Crippen molar-refractivity contribution in [3.05, 3.63) is 20.3 Å². The molecule has 4 heteroatoms. The first-order valence-electron chi connectivity index (χ1n) is 5.34. The van der Waals surface area contributed by atoms with Gasteiger partial charge in [-0.25, -0.2) is 0 Å². The van der Waals surface area contributed by atoms with Gasteiger partial charge in [-0.15, -0.1) is 11.3 Å². The van der Waals surface area contributed by atoms with Gasteiger partial charge in [0.15, 0.2) is 0 Å². The Kier molecular flexibility index (Phi) is 3.94. The van der Waals surface area contributed by atoms with Crippen LogP contribution in [0.4, 0.5) is 0 Å². The SMILES string of the molecule is CNC(c1cc(Cl)sc1Cl)C1CCCC1. The van der Waals surface area contributed by atoms with Gasteiger partial charge in [-0.3, -0.25) is 0 Å². The number of rotatable bonds is 3. The second kappa shape index (κ2) is 5.05. The topological polar surface area (TPSA) is 12.0 Å². The third-order valence-corrected chi connectivity index (χ3v) is 4.72. The standard InChI is InChI=1S/C11H15Cl2NS/c1-14-10(7-4-2-3-5-7)8-6-9(12)15-11(8)13/h6-7,10,14H,2-5H2,1H3. The van der Waals surface area contributed by atoms with Crippen molar-refractivity contribution < 1.29 is 0 Å². The van der Waals surface area contributed by atoms with Crippen molar-refractivity contribution in [3.63, 3.8) is 0 Å². The van der Waals surface area contributed by atoms with Crippen LogP contribution in [0.5, 0.6) is 0 Å². The quantitative estimate of drug-likeness (QED) is 0.847. The Morgan fingerprint density at radius 1 is 1.40 bits per heavy atom. The molecule has 1 N–H and O–H groups in total. The second-order valence-corrected chi connectivity index (χ2v) is 6.38. The van der Waals surface area contributed by atoms with E-state index in [2.05, 4.69) is 5.32 Å². The van der Waals surface area contributed by atoms with Crippen molar-refractivity contribution in [1.29, 1.82) is 0 Å². The molecule has 0 aliphatic heterocycles. The van der Waals surface area contributed by atoms with Gasteiger partial charge in [0.2, 0.25) is 0 Å². The molecule has 0 saturated heterocycles. The summed E-state index contributed by atoms with van der Waals surface area (Å²) in [5.74, 6) is 0.721. The molecule has 1 heterocycles. The van der Waals surface area contributed by atoms with Gasteiger partial charge >= 0.3 is 0 Å². The Hall–Kier alpha value is 0.240. The highest BCUT2D eigenvalue weighted by atomic mass is 35.5. The molecular formula is C11H15Cl2NS. The van der Waals surface area contributed by atoms with Gasteiger partial charge < -0.3 is 5.32 Å². The molecule has 1 aromatic heterocycles. The summed E-state index contributed by atoms with van der Waals surface area (Å²) in [4.78, 5) is 0. The first-order chi connectivity index (χ1) is 7.22. The highest BCUT2D eigenvalue weighted by molar-refractivity contribution is 7.20. The summed E-state index contributed by atoms with van der Waals surface area (Å²) in [6.45, 7) is 0. The second-order valence-electron chi connectivity index (χ2n) is 4.09. The zero-order valence-electron chi connectivity index (χ0n) is 8.72. The molecule has 0 amide bonds. The normalized spacial score (nSPS) is 19.7. The van der Waals surface area contributed by atoms with Crippen molar-refractivity contribution in [2.24, 2.45) is 5.92 Å². The molecular weight excluding hydrogens is 249 g/mol. The lowest BCUT2D eigenvalue weighted by atomic mass is 9.93. The Morgan fingerprint density at radius 3 is 2.53 bits per heavy atom. The van der Waals surface area contributed by atoms with Gasteiger partial charge in [0.1, 0.15) is 0 Å². The summed E-state index contributed by atoms with van der Waals surface area (Å²) in [6.07, 6.45) is 5.29. The molecule has 1 atom stereocenters. The van der Waals surface area contributed by atoms with Crippen LogP contribution in [0, 0.1) is 5.92 Å². The van der Waals surface area contributed by atoms with E-state index >= 15 is 0 Å². The maximum atomic E-state index is 6.19. The van der Waals surface area contributed by atoms with Gasteiger partial charge in [0, 0.05) is 11.6 Å². The highest BCUT2D eigenvalue weighted by Crippen LogP contribution is 2.42. The van der Waals surface area contributed by atoms with E-state index in [1.807, 2.05) is 13.1 Å². The summed E-state index contributed by atoms with van der Waals surface area (Å²) in [5.41, 5.74) is 1.18. The third-order valence-electron chi connectivity index (χ3n) is 3.20. The van der Waals surface area contributed by atoms with Gasteiger partial charge in [0.25, 0.3) is 0 Å². The van der Waals surface area contributed by atoms with Crippen LogP contribution < -0.4 is 5.32 Å². The molecule has 0 aromatic carbocycles. The largest absolute Gasteiger partial charge is 0.313 e. The van der Waals surface area contributed by atoms with E-state index in [1.54, 1.807) is 0 Å². The van der Waals surface area contributed by atoms with Gasteiger partial charge in [-0.05, 0) is 31.9 Å². The van der Waals surface area contributed by atoms with Crippen LogP contribution in [0.2, 0.25) is 8.67 Å². The minimum atomic E-state index is 0.378. The summed E-state index contributed by atoms with van der Waals surface area (Å²) in [5, 5.41) is 3.38. The number of halogens is 2. The van der Waals surface area contributed by atoms with Crippen LogP contribution in [-0.2, 0) is 0 Å². The smallest absolute Gasteiger partial charge is 0.0992 e. The van der Waals surface area contributed by atoms with E-state index in [1.165, 1.54) is 42.6 Å². The summed E-state index contributed by atoms with van der Waals surface area (Å²) < 4.78 is 1.62. The fourth-order valence-corrected chi connectivity index (χ4v) is 4.05. The number of hydrogen-bond acceptors (Lipinski definition) is 2. The van der Waals surface area contributed by atoms with E-state index in [4.69, 9.17) is 23.2 Å². The molecule has 1 unspecified atom stereocenters. The molecule has 15 heavy (non-hydrogen) atoms. The fourth-order valence-electron chi connectivity index (χ4n) is 2.50. The van der Waals surface area contributed by atoms with Gasteiger partial charge in [0.05, 0.1) is 8.67 Å². The van der Waals surface area contributed by atoms with E-state index in [-0.39, 0.29) is 0 Å². The molecule has 2 rings (SSSR count). The van der Waals surface area contributed by atoms with Crippen molar-refractivity contribution >= 4 is 34.5 Å². The monoisotopic (exact) mass is 263 g/mol. The van der Waals surface area contributed by atoms with E-state index in [9.17, 15) is 0 Å². The lowest BCUT2D eigenvalue weighted by Gasteiger charge is -2.22. The number of hydrogen-bond donors (Lipinski definition) is 1. The summed E-state index contributed by atoms with van der Waals surface area (Å²) in [7, 11) is 2.00. The van der Waals surface area contributed by atoms with Gasteiger partial charge in [-0.2, -0.15) is 0 Å². The molecule has 1 aromatic rings. The first-order valence-corrected chi connectivity index (χ1v) is 6.91. The van der Waals surface area contributed by atoms with Crippen LogP contribution >= 0.6 is 34.5 Å². The zero-order valence-corrected chi connectivity index (χ0v) is 11.1. The molecule has 0 bridgehead atoms. The van der Waals surface area contributed by atoms with Crippen molar-refractivity contribution in [3.8, 4) is 0 Å². The molecule has 84 valence electrons. The van der Waals surface area contributed by atoms with Crippen LogP contribution in [0.3, 0.4) is 0 Å². The Bertz CT molecular complexity index is 331. The third kappa shape index (κ3) is 2.50. The van der Waals surface area contributed by atoms with Gasteiger partial charge in [-0.1, -0.05) is 36.0 Å². The zero-order chi connectivity index (χ0) is 10.8. The van der Waals surface area contributed by atoms with Crippen LogP contribution in [0.1, 0.15) is 37.3 Å². The molecule has 1 aliphatic rings. The average molecular weight is 264 g/mol. The Balaban J connectivity index is 2.21. The lowest BCUT2D eigenvalue weighted by molar-refractivity contribution is 0.391. The van der Waals surface area contributed by atoms with E-state index < -0.39 is 0 Å². The Morgan fingerprint density at radius 2 is 2.07 bits per heavy atom. The molecule has 1 fully saturated rings. The van der Waals surface area contributed by atoms with Crippen molar-refractivity contribution in [2.75, 3.05) is 7.05 Å². The van der Waals surface area contributed by atoms with Crippen LogP contribution in [0.15, 0.2) is 6.07 Å². The summed E-state index contributed by atoms with van der Waals surface area (Å²) >= 11 is 13.6. The molecule has 1 saturated carbocycles. The molecule has 1 aliphatic carbocycles. The molecule has 1 nitrogen and oxygen atoms in total. The summed E-state index contributed by atoms with van der Waals surface area (Å²) in [6, 6.07) is 2.39.